The number of hydrogen-bond acceptors (Lipinski definition) is 4. The van der Waals surface area contributed by atoms with Gasteiger partial charge in [-0.15, -0.1) is 11.3 Å². The van der Waals surface area contributed by atoms with Gasteiger partial charge in [0.1, 0.15) is 5.69 Å². The average Bonchev–Trinajstić information content (AvgIpc) is 2.70. The van der Waals surface area contributed by atoms with Crippen LogP contribution in [0.1, 0.15) is 10.5 Å². The predicted molar refractivity (Wildman–Crippen MR) is 57.1 cm³/mol. The van der Waals surface area contributed by atoms with E-state index >= 15 is 0 Å². The molecule has 0 aromatic carbocycles. The van der Waals surface area contributed by atoms with Gasteiger partial charge in [0.05, 0.1) is 0 Å². The molecule has 1 amide bonds. The molecule has 0 fully saturated rings. The van der Waals surface area contributed by atoms with Crippen molar-refractivity contribution in [1.82, 2.24) is 9.97 Å². The molecule has 2 aromatic heterocycles. The van der Waals surface area contributed by atoms with Crippen molar-refractivity contribution >= 4 is 22.4 Å². The summed E-state index contributed by atoms with van der Waals surface area (Å²) < 4.78 is 0. The zero-order valence-corrected chi connectivity index (χ0v) is 8.38. The molecule has 0 unspecified atom stereocenters. The molecule has 6 heteroatoms. The Hall–Kier alpha value is -1.95. The highest BCUT2D eigenvalue weighted by molar-refractivity contribution is 7.13. The lowest BCUT2D eigenvalue weighted by molar-refractivity contribution is 0.102. The molecule has 0 atom stereocenters. The largest absolute Gasteiger partial charge is 0.318 e. The predicted octanol–water partition coefficient (Wildman–Crippen LogP) is 1.08. The Morgan fingerprint density at radius 3 is 3.00 bits per heavy atom. The number of aromatic nitrogens is 2. The van der Waals surface area contributed by atoms with Crippen molar-refractivity contribution in [3.8, 4) is 0 Å². The fourth-order valence-electron chi connectivity index (χ4n) is 1.03. The van der Waals surface area contributed by atoms with Gasteiger partial charge in [-0.3, -0.25) is 14.9 Å². The van der Waals surface area contributed by atoms with E-state index in [0.717, 1.165) is 0 Å². The Morgan fingerprint density at radius 2 is 2.33 bits per heavy atom. The molecule has 15 heavy (non-hydrogen) atoms. The summed E-state index contributed by atoms with van der Waals surface area (Å²) in [6.07, 6.45) is 1.59. The Kier molecular flexibility index (Phi) is 2.59. The normalized spacial score (nSPS) is 9.87. The fourth-order valence-corrected chi connectivity index (χ4v) is 1.55. The van der Waals surface area contributed by atoms with E-state index in [4.69, 9.17) is 0 Å². The molecule has 0 aliphatic carbocycles. The van der Waals surface area contributed by atoms with Crippen molar-refractivity contribution in [2.45, 2.75) is 0 Å². The number of amides is 1. The van der Waals surface area contributed by atoms with Gasteiger partial charge >= 0.3 is 0 Å². The van der Waals surface area contributed by atoms with Crippen LogP contribution in [0.3, 0.4) is 0 Å². The highest BCUT2D eigenvalue weighted by Gasteiger charge is 2.07. The summed E-state index contributed by atoms with van der Waals surface area (Å²) in [4.78, 5) is 28.8. The number of nitrogens with zero attached hydrogens (tertiary/aromatic N) is 1. The van der Waals surface area contributed by atoms with Gasteiger partial charge in [-0.05, 0) is 6.07 Å². The van der Waals surface area contributed by atoms with Crippen molar-refractivity contribution in [3.05, 3.63) is 45.8 Å². The van der Waals surface area contributed by atoms with Crippen LogP contribution in [0.15, 0.2) is 34.6 Å². The minimum atomic E-state index is -0.373. The molecule has 0 saturated heterocycles. The highest BCUT2D eigenvalue weighted by atomic mass is 32.1. The second-order valence-corrected chi connectivity index (χ2v) is 3.61. The lowest BCUT2D eigenvalue weighted by Gasteiger charge is -2.00. The Bertz CT molecular complexity index is 518. The maximum absolute atomic E-state index is 11.5. The van der Waals surface area contributed by atoms with Crippen molar-refractivity contribution in [2.75, 3.05) is 5.32 Å². The summed E-state index contributed by atoms with van der Waals surface area (Å²) in [5.41, 5.74) is -0.0838. The highest BCUT2D eigenvalue weighted by Crippen LogP contribution is 2.10. The lowest BCUT2D eigenvalue weighted by atomic mass is 10.3. The Labute approximate surface area is 88.8 Å². The summed E-state index contributed by atoms with van der Waals surface area (Å²) >= 11 is 1.32. The summed E-state index contributed by atoms with van der Waals surface area (Å²) in [5, 5.41) is 4.82. The van der Waals surface area contributed by atoms with E-state index in [1.165, 1.54) is 29.5 Å². The number of thiazole rings is 1. The van der Waals surface area contributed by atoms with E-state index in [1.54, 1.807) is 11.6 Å². The summed E-state index contributed by atoms with van der Waals surface area (Å²) in [6.45, 7) is 0. The molecule has 5 nitrogen and oxygen atoms in total. The first-order valence-electron chi connectivity index (χ1n) is 4.16. The Morgan fingerprint density at radius 1 is 1.47 bits per heavy atom. The second-order valence-electron chi connectivity index (χ2n) is 2.72. The number of H-pyrrole nitrogens is 1. The smallest absolute Gasteiger partial charge is 0.273 e. The monoisotopic (exact) mass is 221 g/mol. The molecule has 2 heterocycles. The SMILES string of the molecule is O=C(Nc1nccs1)c1cccc(=O)[nH]1. The summed E-state index contributed by atoms with van der Waals surface area (Å²) in [6, 6.07) is 4.40. The van der Waals surface area contributed by atoms with Crippen LogP contribution in [0.25, 0.3) is 0 Å². The molecule has 0 bridgehead atoms. The van der Waals surface area contributed by atoms with Gasteiger partial charge in [0.2, 0.25) is 5.56 Å². The molecule has 2 rings (SSSR count). The van der Waals surface area contributed by atoms with Crippen molar-refractivity contribution < 1.29 is 4.79 Å². The molecule has 0 radical (unpaired) electrons. The molecule has 0 aliphatic rings. The zero-order valence-electron chi connectivity index (χ0n) is 7.56. The van der Waals surface area contributed by atoms with Gasteiger partial charge in [-0.25, -0.2) is 4.98 Å². The topological polar surface area (TPSA) is 74.8 Å². The van der Waals surface area contributed by atoms with Gasteiger partial charge in [-0.2, -0.15) is 0 Å². The van der Waals surface area contributed by atoms with Crippen molar-refractivity contribution in [2.24, 2.45) is 0 Å². The molecular formula is C9H7N3O2S. The lowest BCUT2D eigenvalue weighted by Crippen LogP contribution is -2.17. The number of carbonyl (C=O) groups excluding carboxylic acids is 1. The van der Waals surface area contributed by atoms with Crippen molar-refractivity contribution in [3.63, 3.8) is 0 Å². The standard InChI is InChI=1S/C9H7N3O2S/c13-7-3-1-2-6(11-7)8(14)12-9-10-4-5-15-9/h1-5H,(H,11,13)(H,10,12,14). The van der Waals surface area contributed by atoms with Crippen LogP contribution < -0.4 is 10.9 Å². The molecule has 0 saturated carbocycles. The number of nitrogens with one attached hydrogen (secondary N) is 2. The van der Waals surface area contributed by atoms with Crippen LogP contribution in [0.2, 0.25) is 0 Å². The first-order chi connectivity index (χ1) is 7.25. The molecule has 0 aliphatic heterocycles. The maximum atomic E-state index is 11.5. The van der Waals surface area contributed by atoms with Gasteiger partial charge in [-0.1, -0.05) is 6.07 Å². The number of carbonyl (C=O) groups is 1. The van der Waals surface area contributed by atoms with E-state index in [0.29, 0.717) is 5.13 Å². The summed E-state index contributed by atoms with van der Waals surface area (Å²) in [5.74, 6) is -0.373. The summed E-state index contributed by atoms with van der Waals surface area (Å²) in [7, 11) is 0. The third kappa shape index (κ3) is 2.29. The zero-order chi connectivity index (χ0) is 10.7. The minimum Gasteiger partial charge on any atom is -0.318 e. The van der Waals surface area contributed by atoms with E-state index in [-0.39, 0.29) is 17.2 Å². The molecule has 2 N–H and O–H groups in total. The number of anilines is 1. The van der Waals surface area contributed by atoms with Gasteiger partial charge in [0.25, 0.3) is 5.91 Å². The average molecular weight is 221 g/mol. The van der Waals surface area contributed by atoms with Gasteiger partial charge < -0.3 is 4.98 Å². The Balaban J connectivity index is 2.18. The van der Waals surface area contributed by atoms with Crippen LogP contribution in [0.4, 0.5) is 5.13 Å². The third-order valence-electron chi connectivity index (χ3n) is 1.67. The fraction of sp³-hybridized carbons (Fsp3) is 0. The van der Waals surface area contributed by atoms with Crippen LogP contribution in [0, 0.1) is 0 Å². The molecule has 2 aromatic rings. The number of rotatable bonds is 2. The van der Waals surface area contributed by atoms with E-state index in [1.807, 2.05) is 0 Å². The van der Waals surface area contributed by atoms with E-state index in [9.17, 15) is 9.59 Å². The van der Waals surface area contributed by atoms with Crippen LogP contribution in [-0.4, -0.2) is 15.9 Å². The van der Waals surface area contributed by atoms with Crippen molar-refractivity contribution in [1.29, 1.82) is 0 Å². The van der Waals surface area contributed by atoms with E-state index in [2.05, 4.69) is 15.3 Å². The van der Waals surface area contributed by atoms with Crippen LogP contribution >= 0.6 is 11.3 Å². The minimum absolute atomic E-state index is 0.220. The second kappa shape index (κ2) is 4.05. The quantitative estimate of drug-likeness (QED) is 0.796. The number of aromatic amines is 1. The first kappa shape index (κ1) is 9.60. The maximum Gasteiger partial charge on any atom is 0.273 e. The number of pyridine rings is 1. The van der Waals surface area contributed by atoms with Crippen LogP contribution in [0.5, 0.6) is 0 Å². The van der Waals surface area contributed by atoms with Gasteiger partial charge in [0.15, 0.2) is 5.13 Å². The van der Waals surface area contributed by atoms with Crippen LogP contribution in [-0.2, 0) is 0 Å². The first-order valence-corrected chi connectivity index (χ1v) is 5.04. The molecule has 0 spiro atoms. The third-order valence-corrected chi connectivity index (χ3v) is 2.35. The van der Waals surface area contributed by atoms with E-state index < -0.39 is 0 Å². The molecule has 76 valence electrons. The molecular weight excluding hydrogens is 214 g/mol. The van der Waals surface area contributed by atoms with Gasteiger partial charge in [0, 0.05) is 17.6 Å². The number of hydrogen-bond donors (Lipinski definition) is 2.